The number of benzene rings is 2. The largest absolute Gasteiger partial charge is 0.338 e. The predicted octanol–water partition coefficient (Wildman–Crippen LogP) is 4.11. The molecule has 0 unspecified atom stereocenters. The van der Waals surface area contributed by atoms with Crippen LogP contribution in [-0.2, 0) is 4.79 Å². The van der Waals surface area contributed by atoms with Gasteiger partial charge in [0.25, 0.3) is 5.91 Å². The first-order chi connectivity index (χ1) is 12.4. The highest BCUT2D eigenvalue weighted by atomic mass is 35.5. The van der Waals surface area contributed by atoms with Crippen molar-refractivity contribution < 1.29 is 18.4 Å². The molecule has 1 aliphatic heterocycles. The van der Waals surface area contributed by atoms with Crippen molar-refractivity contribution in [1.82, 2.24) is 4.90 Å². The second-order valence-corrected chi connectivity index (χ2v) is 6.65. The van der Waals surface area contributed by atoms with Crippen molar-refractivity contribution in [2.24, 2.45) is 5.92 Å². The summed E-state index contributed by atoms with van der Waals surface area (Å²) in [7, 11) is 0. The van der Waals surface area contributed by atoms with Gasteiger partial charge in [-0.2, -0.15) is 0 Å². The molecule has 0 aromatic heterocycles. The molecule has 0 saturated carbocycles. The monoisotopic (exact) mass is 378 g/mol. The molecule has 7 heteroatoms. The van der Waals surface area contributed by atoms with Crippen LogP contribution in [-0.4, -0.2) is 29.8 Å². The second-order valence-electron chi connectivity index (χ2n) is 6.21. The van der Waals surface area contributed by atoms with E-state index in [4.69, 9.17) is 11.6 Å². The molecular weight excluding hydrogens is 362 g/mol. The number of rotatable bonds is 3. The van der Waals surface area contributed by atoms with Gasteiger partial charge in [-0.1, -0.05) is 11.6 Å². The Labute approximate surface area is 154 Å². The van der Waals surface area contributed by atoms with Crippen LogP contribution in [0.4, 0.5) is 14.5 Å². The SMILES string of the molecule is O=C(Nc1cc(Cl)ccc1F)[C@@H]1CCCN(C(=O)c2ccc(F)cc2)C1. The fourth-order valence-corrected chi connectivity index (χ4v) is 3.15. The van der Waals surface area contributed by atoms with Crippen molar-refractivity contribution in [1.29, 1.82) is 0 Å². The van der Waals surface area contributed by atoms with Gasteiger partial charge in [-0.15, -0.1) is 0 Å². The van der Waals surface area contributed by atoms with Crippen molar-refractivity contribution in [3.8, 4) is 0 Å². The molecule has 2 aromatic rings. The predicted molar refractivity (Wildman–Crippen MR) is 95.1 cm³/mol. The van der Waals surface area contributed by atoms with Gasteiger partial charge in [0.1, 0.15) is 11.6 Å². The van der Waals surface area contributed by atoms with E-state index in [1.54, 1.807) is 4.90 Å². The van der Waals surface area contributed by atoms with Crippen LogP contribution in [0.25, 0.3) is 0 Å². The van der Waals surface area contributed by atoms with E-state index < -0.39 is 17.6 Å². The molecule has 1 fully saturated rings. The number of nitrogens with zero attached hydrogens (tertiary/aromatic N) is 1. The molecule has 1 aliphatic rings. The minimum Gasteiger partial charge on any atom is -0.338 e. The van der Waals surface area contributed by atoms with E-state index in [1.165, 1.54) is 42.5 Å². The quantitative estimate of drug-likeness (QED) is 0.873. The molecule has 136 valence electrons. The molecule has 3 rings (SSSR count). The first-order valence-electron chi connectivity index (χ1n) is 8.25. The highest BCUT2D eigenvalue weighted by Crippen LogP contribution is 2.23. The summed E-state index contributed by atoms with van der Waals surface area (Å²) < 4.78 is 26.8. The Morgan fingerprint density at radius 1 is 1.12 bits per heavy atom. The molecule has 0 spiro atoms. The Balaban J connectivity index is 1.67. The topological polar surface area (TPSA) is 49.4 Å². The molecule has 0 radical (unpaired) electrons. The Kier molecular flexibility index (Phi) is 5.52. The van der Waals surface area contributed by atoms with Crippen molar-refractivity contribution in [2.45, 2.75) is 12.8 Å². The number of nitrogens with one attached hydrogen (secondary N) is 1. The van der Waals surface area contributed by atoms with Gasteiger partial charge >= 0.3 is 0 Å². The summed E-state index contributed by atoms with van der Waals surface area (Å²) in [4.78, 5) is 26.6. The Hall–Kier alpha value is -2.47. The molecule has 1 atom stereocenters. The van der Waals surface area contributed by atoms with E-state index in [-0.39, 0.29) is 24.0 Å². The number of carbonyl (C=O) groups excluding carboxylic acids is 2. The van der Waals surface area contributed by atoms with E-state index in [0.717, 1.165) is 0 Å². The molecule has 1 saturated heterocycles. The molecule has 2 aromatic carbocycles. The summed E-state index contributed by atoms with van der Waals surface area (Å²) in [5.74, 6) is -2.05. The Morgan fingerprint density at radius 2 is 1.85 bits per heavy atom. The lowest BCUT2D eigenvalue weighted by molar-refractivity contribution is -0.121. The van der Waals surface area contributed by atoms with E-state index >= 15 is 0 Å². The van der Waals surface area contributed by atoms with Gasteiger partial charge in [0.2, 0.25) is 5.91 Å². The van der Waals surface area contributed by atoms with E-state index in [1.807, 2.05) is 0 Å². The van der Waals surface area contributed by atoms with Gasteiger partial charge in [-0.05, 0) is 55.3 Å². The molecule has 4 nitrogen and oxygen atoms in total. The summed E-state index contributed by atoms with van der Waals surface area (Å²) in [5, 5.41) is 2.86. The summed E-state index contributed by atoms with van der Waals surface area (Å²) in [6, 6.07) is 9.22. The highest BCUT2D eigenvalue weighted by Gasteiger charge is 2.29. The normalized spacial score (nSPS) is 17.0. The third kappa shape index (κ3) is 4.19. The van der Waals surface area contributed by atoms with Crippen molar-refractivity contribution >= 4 is 29.1 Å². The van der Waals surface area contributed by atoms with Gasteiger partial charge in [0, 0.05) is 23.7 Å². The third-order valence-electron chi connectivity index (χ3n) is 4.36. The van der Waals surface area contributed by atoms with Gasteiger partial charge in [-0.25, -0.2) is 8.78 Å². The van der Waals surface area contributed by atoms with Crippen LogP contribution in [0.5, 0.6) is 0 Å². The average Bonchev–Trinajstić information content (AvgIpc) is 2.65. The van der Waals surface area contributed by atoms with Gasteiger partial charge in [0.15, 0.2) is 0 Å². The molecule has 0 bridgehead atoms. The standard InChI is InChI=1S/C19H17ClF2N2O2/c20-14-5-8-16(22)17(10-14)23-18(25)13-2-1-9-24(11-13)19(26)12-3-6-15(21)7-4-12/h3-8,10,13H,1-2,9,11H2,(H,23,25)/t13-/m1/s1. The smallest absolute Gasteiger partial charge is 0.253 e. The maximum atomic E-state index is 13.8. The summed E-state index contributed by atoms with van der Waals surface area (Å²) >= 11 is 5.83. The van der Waals surface area contributed by atoms with Crippen LogP contribution >= 0.6 is 11.6 Å². The second kappa shape index (κ2) is 7.83. The van der Waals surface area contributed by atoms with Gasteiger partial charge < -0.3 is 10.2 Å². The molecular formula is C19H17ClF2N2O2. The molecule has 26 heavy (non-hydrogen) atoms. The average molecular weight is 379 g/mol. The van der Waals surface area contributed by atoms with Crippen LogP contribution in [0.3, 0.4) is 0 Å². The summed E-state index contributed by atoms with van der Waals surface area (Å²) in [5.41, 5.74) is 0.387. The van der Waals surface area contributed by atoms with Gasteiger partial charge in [0.05, 0.1) is 11.6 Å². The number of likely N-dealkylation sites (tertiary alicyclic amines) is 1. The number of carbonyl (C=O) groups is 2. The number of anilines is 1. The number of amides is 2. The number of hydrogen-bond acceptors (Lipinski definition) is 2. The molecule has 0 aliphatic carbocycles. The fraction of sp³-hybridized carbons (Fsp3) is 0.263. The lowest BCUT2D eigenvalue weighted by Gasteiger charge is -2.32. The Morgan fingerprint density at radius 3 is 2.58 bits per heavy atom. The van der Waals surface area contributed by atoms with Crippen LogP contribution < -0.4 is 5.32 Å². The number of halogens is 3. The zero-order valence-corrected chi connectivity index (χ0v) is 14.6. The maximum absolute atomic E-state index is 13.8. The van der Waals surface area contributed by atoms with Crippen molar-refractivity contribution in [3.63, 3.8) is 0 Å². The zero-order chi connectivity index (χ0) is 18.7. The van der Waals surface area contributed by atoms with Crippen LogP contribution in [0.2, 0.25) is 5.02 Å². The molecule has 2 amide bonds. The summed E-state index contributed by atoms with van der Waals surface area (Å²) in [6.07, 6.45) is 1.25. The Bertz CT molecular complexity index is 827. The van der Waals surface area contributed by atoms with E-state index in [2.05, 4.69) is 5.32 Å². The van der Waals surface area contributed by atoms with Gasteiger partial charge in [-0.3, -0.25) is 9.59 Å². The summed E-state index contributed by atoms with van der Waals surface area (Å²) in [6.45, 7) is 0.746. The van der Waals surface area contributed by atoms with E-state index in [9.17, 15) is 18.4 Å². The van der Waals surface area contributed by atoms with E-state index in [0.29, 0.717) is 30.0 Å². The fourth-order valence-electron chi connectivity index (χ4n) is 2.98. The lowest BCUT2D eigenvalue weighted by Crippen LogP contribution is -2.43. The third-order valence-corrected chi connectivity index (χ3v) is 4.59. The first-order valence-corrected chi connectivity index (χ1v) is 8.62. The van der Waals surface area contributed by atoms with Crippen LogP contribution in [0.15, 0.2) is 42.5 Å². The zero-order valence-electron chi connectivity index (χ0n) is 13.8. The maximum Gasteiger partial charge on any atom is 0.253 e. The highest BCUT2D eigenvalue weighted by molar-refractivity contribution is 6.30. The van der Waals surface area contributed by atoms with Crippen LogP contribution in [0, 0.1) is 17.6 Å². The molecule has 1 heterocycles. The minimum absolute atomic E-state index is 0.0180. The molecule has 1 N–H and O–H groups in total. The van der Waals surface area contributed by atoms with Crippen LogP contribution in [0.1, 0.15) is 23.2 Å². The minimum atomic E-state index is -0.571. The number of piperidine rings is 1. The van der Waals surface area contributed by atoms with Crippen molar-refractivity contribution in [2.75, 3.05) is 18.4 Å². The lowest BCUT2D eigenvalue weighted by atomic mass is 9.96. The number of hydrogen-bond donors (Lipinski definition) is 1. The van der Waals surface area contributed by atoms with Crippen molar-refractivity contribution in [3.05, 3.63) is 64.7 Å². The first kappa shape index (κ1) is 18.3.